The predicted molar refractivity (Wildman–Crippen MR) is 217 cm³/mol. The average Bonchev–Trinajstić information content (AvgIpc) is 3.71. The molecule has 11 heteroatoms. The standard InChI is InChI=1S/C10H12N2O.C9H10N2.C9H9NO2.C9H9NOS.3CH4/c1-7-4-5-8-9(6-7)12(3)10(13)11(8)2;1-7-3-4-9-8(5-7)10-6-11(9)2;2*1-6-3-4-7-8(5-6)12-9(11)10(7)2;;;/h4-6H,1-3H3;3-6H,1-2H3;2*3-5H,1-2H3;3*1H4. The van der Waals surface area contributed by atoms with Crippen LogP contribution in [0.5, 0.6) is 0 Å². The van der Waals surface area contributed by atoms with Crippen LogP contribution in [0.4, 0.5) is 0 Å². The van der Waals surface area contributed by atoms with Crippen LogP contribution in [0.2, 0.25) is 0 Å². The fourth-order valence-corrected chi connectivity index (χ4v) is 6.32. The van der Waals surface area contributed by atoms with E-state index in [1.807, 2.05) is 93.3 Å². The minimum absolute atomic E-state index is 0. The summed E-state index contributed by atoms with van der Waals surface area (Å²) in [7, 11) is 9.09. The monoisotopic (exact) mass is 712 g/mol. The quantitative estimate of drug-likeness (QED) is 0.157. The largest absolute Gasteiger partial charge is 0.419 e. The third kappa shape index (κ3) is 8.85. The van der Waals surface area contributed by atoms with Crippen molar-refractivity contribution in [1.29, 1.82) is 0 Å². The minimum atomic E-state index is -0.310. The predicted octanol–water partition coefficient (Wildman–Crippen LogP) is 8.32. The molecule has 4 aromatic heterocycles. The molecule has 0 saturated carbocycles. The highest BCUT2D eigenvalue weighted by Crippen LogP contribution is 2.18. The van der Waals surface area contributed by atoms with Crippen molar-refractivity contribution in [3.8, 4) is 0 Å². The van der Waals surface area contributed by atoms with E-state index in [1.165, 1.54) is 38.1 Å². The summed E-state index contributed by atoms with van der Waals surface area (Å²) in [6.07, 6.45) is 1.84. The van der Waals surface area contributed by atoms with Gasteiger partial charge in [0.1, 0.15) is 0 Å². The van der Waals surface area contributed by atoms with Gasteiger partial charge >= 0.3 is 16.3 Å². The molecule has 0 atom stereocenters. The van der Waals surface area contributed by atoms with Crippen LogP contribution in [0.15, 0.2) is 97.9 Å². The van der Waals surface area contributed by atoms with Crippen LogP contribution in [0.1, 0.15) is 44.5 Å². The Morgan fingerprint density at radius 3 is 1.71 bits per heavy atom. The number of imidazole rings is 2. The molecule has 4 heterocycles. The molecule has 0 N–H and O–H groups in total. The molecule has 0 unspecified atom stereocenters. The summed E-state index contributed by atoms with van der Waals surface area (Å²) in [6.45, 7) is 8.10. The normalized spacial score (nSPS) is 10.2. The number of oxazole rings is 1. The van der Waals surface area contributed by atoms with Crippen LogP contribution >= 0.6 is 11.3 Å². The molecular weight excluding hydrogens is 661 g/mol. The van der Waals surface area contributed by atoms with E-state index in [2.05, 4.69) is 30.1 Å². The molecule has 8 rings (SSSR count). The Hall–Kier alpha value is -5.42. The van der Waals surface area contributed by atoms with E-state index in [0.29, 0.717) is 5.58 Å². The summed E-state index contributed by atoms with van der Waals surface area (Å²) in [5.74, 6) is -0.310. The van der Waals surface area contributed by atoms with Crippen molar-refractivity contribution in [2.45, 2.75) is 50.0 Å². The van der Waals surface area contributed by atoms with Crippen LogP contribution in [-0.2, 0) is 35.2 Å². The Balaban J connectivity index is 0.000000231. The Morgan fingerprint density at radius 2 is 1.06 bits per heavy atom. The first-order valence-electron chi connectivity index (χ1n) is 15.4. The van der Waals surface area contributed by atoms with E-state index < -0.39 is 0 Å². The lowest BCUT2D eigenvalue weighted by atomic mass is 10.2. The number of thiazole rings is 1. The van der Waals surface area contributed by atoms with Crippen molar-refractivity contribution in [2.75, 3.05) is 0 Å². The van der Waals surface area contributed by atoms with E-state index in [-0.39, 0.29) is 38.6 Å². The zero-order valence-corrected chi connectivity index (χ0v) is 29.5. The fraction of sp³-hybridized carbons (Fsp3) is 0.300. The lowest BCUT2D eigenvalue weighted by Crippen LogP contribution is -2.19. The van der Waals surface area contributed by atoms with E-state index >= 15 is 0 Å². The maximum Gasteiger partial charge on any atom is 0.419 e. The first-order chi connectivity index (χ1) is 22.7. The van der Waals surface area contributed by atoms with Gasteiger partial charge in [0, 0.05) is 35.2 Å². The van der Waals surface area contributed by atoms with Gasteiger partial charge in [0.25, 0.3) is 0 Å². The Bertz CT molecular complexity index is 2500. The summed E-state index contributed by atoms with van der Waals surface area (Å²) in [5, 5.41) is 0. The maximum absolute atomic E-state index is 11.5. The van der Waals surface area contributed by atoms with E-state index in [9.17, 15) is 14.4 Å². The van der Waals surface area contributed by atoms with Gasteiger partial charge in [-0.15, -0.1) is 0 Å². The number of hydrogen-bond donors (Lipinski definition) is 0. The van der Waals surface area contributed by atoms with Gasteiger partial charge in [-0.1, -0.05) is 57.9 Å². The molecule has 51 heavy (non-hydrogen) atoms. The van der Waals surface area contributed by atoms with E-state index in [1.54, 1.807) is 41.9 Å². The van der Waals surface area contributed by atoms with Gasteiger partial charge in [0.2, 0.25) is 0 Å². The zero-order chi connectivity index (χ0) is 34.9. The van der Waals surface area contributed by atoms with Crippen LogP contribution in [0, 0.1) is 27.7 Å². The van der Waals surface area contributed by atoms with Gasteiger partial charge in [-0.25, -0.2) is 14.6 Å². The van der Waals surface area contributed by atoms with Crippen molar-refractivity contribution in [3.63, 3.8) is 0 Å². The molecule has 0 aliphatic carbocycles. The first-order valence-corrected chi connectivity index (χ1v) is 16.2. The molecule has 0 spiro atoms. The maximum atomic E-state index is 11.5. The molecule has 272 valence electrons. The third-order valence-corrected chi connectivity index (χ3v) is 9.20. The molecule has 8 aromatic rings. The highest BCUT2D eigenvalue weighted by Gasteiger charge is 2.07. The third-order valence-electron chi connectivity index (χ3n) is 8.20. The van der Waals surface area contributed by atoms with Crippen molar-refractivity contribution in [3.05, 3.63) is 132 Å². The van der Waals surface area contributed by atoms with Gasteiger partial charge in [-0.05, 0) is 98.5 Å². The smallest absolute Gasteiger partial charge is 0.408 e. The molecule has 0 saturated heterocycles. The van der Waals surface area contributed by atoms with Gasteiger partial charge in [0.05, 0.1) is 44.1 Å². The molecule has 0 aliphatic heterocycles. The zero-order valence-electron chi connectivity index (χ0n) is 28.7. The minimum Gasteiger partial charge on any atom is -0.408 e. The van der Waals surface area contributed by atoms with Gasteiger partial charge < -0.3 is 13.6 Å². The topological polar surface area (TPSA) is 102 Å². The van der Waals surface area contributed by atoms with Crippen LogP contribution in [0.3, 0.4) is 0 Å². The number of fused-ring (bicyclic) bond motifs is 4. The second-order valence-electron chi connectivity index (χ2n) is 12.0. The molecule has 4 aromatic carbocycles. The number of aromatic nitrogens is 6. The highest BCUT2D eigenvalue weighted by atomic mass is 32.1. The average molecular weight is 713 g/mol. The van der Waals surface area contributed by atoms with Crippen molar-refractivity contribution < 1.29 is 4.42 Å². The van der Waals surface area contributed by atoms with Gasteiger partial charge in [0.15, 0.2) is 5.58 Å². The van der Waals surface area contributed by atoms with E-state index in [4.69, 9.17) is 4.42 Å². The highest BCUT2D eigenvalue weighted by molar-refractivity contribution is 7.16. The Morgan fingerprint density at radius 1 is 0.549 bits per heavy atom. The van der Waals surface area contributed by atoms with Crippen LogP contribution in [0.25, 0.3) is 43.4 Å². The van der Waals surface area contributed by atoms with Gasteiger partial charge in [-0.3, -0.25) is 18.5 Å². The summed E-state index contributed by atoms with van der Waals surface area (Å²) >= 11 is 1.30. The van der Waals surface area contributed by atoms with Crippen LogP contribution in [-0.4, -0.2) is 27.8 Å². The Kier molecular flexibility index (Phi) is 13.9. The molecule has 10 nitrogen and oxygen atoms in total. The lowest BCUT2D eigenvalue weighted by molar-refractivity contribution is 0.528. The Labute approximate surface area is 303 Å². The van der Waals surface area contributed by atoms with Gasteiger partial charge in [-0.2, -0.15) is 0 Å². The molecule has 0 radical (unpaired) electrons. The summed E-state index contributed by atoms with van der Waals surface area (Å²) in [6, 6.07) is 24.1. The molecule has 0 bridgehead atoms. The lowest BCUT2D eigenvalue weighted by Gasteiger charge is -1.95. The second kappa shape index (κ2) is 17.0. The molecular formula is C40H52N6O4S. The number of hydrogen-bond acceptors (Lipinski definition) is 6. The summed E-state index contributed by atoms with van der Waals surface area (Å²) < 4.78 is 14.6. The van der Waals surface area contributed by atoms with Crippen LogP contribution < -0.4 is 16.3 Å². The second-order valence-corrected chi connectivity index (χ2v) is 13.0. The molecule has 0 aliphatic rings. The number of benzene rings is 4. The first kappa shape index (κ1) is 41.7. The fourth-order valence-electron chi connectivity index (χ4n) is 5.35. The van der Waals surface area contributed by atoms with Crippen molar-refractivity contribution in [1.82, 2.24) is 27.8 Å². The number of nitrogens with zero attached hydrogens (tertiary/aromatic N) is 6. The molecule has 0 fully saturated rings. The van der Waals surface area contributed by atoms with E-state index in [0.717, 1.165) is 37.8 Å². The SMILES string of the molecule is C.C.C.Cc1ccc2c(c1)n(C)c(=O)n2C.Cc1ccc2c(c1)ncn2C.Cc1ccc2c(c1)oc(=O)n2C.Cc1ccc2c(c1)sc(=O)n2C. The summed E-state index contributed by atoms with van der Waals surface area (Å²) in [4.78, 5) is 38.2. The number of aryl methyl sites for hydroxylation is 9. The molecule has 0 amide bonds. The summed E-state index contributed by atoms with van der Waals surface area (Å²) in [5.41, 5.74) is 11.5. The van der Waals surface area contributed by atoms with Crippen molar-refractivity contribution >= 4 is 54.7 Å². The van der Waals surface area contributed by atoms with Crippen molar-refractivity contribution in [2.24, 2.45) is 35.2 Å². The number of rotatable bonds is 0.